The molecule has 1 aliphatic heterocycles. The molecule has 1 saturated heterocycles. The molecule has 1 heterocycles. The standard InChI is InChI=1S/C15H22N4/c1-11-4-3-5-12(2)19(11)18-14-6-7-15(17)13(10-14)8-9-16/h6-7,10-12,18H,3-5,8,17H2,1-2H3. The van der Waals surface area contributed by atoms with Crippen LogP contribution in [-0.4, -0.2) is 17.1 Å². The minimum atomic E-state index is 0.354. The maximum Gasteiger partial charge on any atom is 0.0670 e. The van der Waals surface area contributed by atoms with Gasteiger partial charge < -0.3 is 11.2 Å². The number of nitrogens with two attached hydrogens (primary N) is 1. The van der Waals surface area contributed by atoms with E-state index in [2.05, 4.69) is 30.4 Å². The molecule has 1 aliphatic rings. The van der Waals surface area contributed by atoms with Crippen LogP contribution in [0, 0.1) is 11.3 Å². The molecule has 1 fully saturated rings. The SMILES string of the molecule is CC1CCCC(C)N1Nc1ccc(N)c(CC#N)c1. The maximum atomic E-state index is 8.80. The first-order chi connectivity index (χ1) is 9.11. The highest BCUT2D eigenvalue weighted by Crippen LogP contribution is 2.25. The lowest BCUT2D eigenvalue weighted by Gasteiger charge is -2.39. The van der Waals surface area contributed by atoms with Crippen molar-refractivity contribution in [3.05, 3.63) is 23.8 Å². The monoisotopic (exact) mass is 258 g/mol. The van der Waals surface area contributed by atoms with E-state index in [1.54, 1.807) is 0 Å². The Labute approximate surface area is 115 Å². The van der Waals surface area contributed by atoms with E-state index in [1.807, 2.05) is 18.2 Å². The lowest BCUT2D eigenvalue weighted by atomic mass is 10.00. The van der Waals surface area contributed by atoms with Crippen molar-refractivity contribution in [2.24, 2.45) is 0 Å². The Hall–Kier alpha value is -1.73. The molecule has 0 bridgehead atoms. The molecule has 0 radical (unpaired) electrons. The number of hydrogen-bond acceptors (Lipinski definition) is 4. The number of hydrazine groups is 1. The Balaban J connectivity index is 2.14. The Morgan fingerprint density at radius 2 is 2.05 bits per heavy atom. The van der Waals surface area contributed by atoms with Gasteiger partial charge in [-0.15, -0.1) is 0 Å². The fourth-order valence-electron chi connectivity index (χ4n) is 2.70. The summed E-state index contributed by atoms with van der Waals surface area (Å²) in [6, 6.07) is 9.03. The maximum absolute atomic E-state index is 8.80. The topological polar surface area (TPSA) is 65.1 Å². The van der Waals surface area contributed by atoms with Gasteiger partial charge in [0.05, 0.1) is 12.5 Å². The lowest BCUT2D eigenvalue weighted by Crippen LogP contribution is -2.47. The summed E-state index contributed by atoms with van der Waals surface area (Å²) in [4.78, 5) is 0. The second-order valence-electron chi connectivity index (χ2n) is 5.40. The van der Waals surface area contributed by atoms with Crippen LogP contribution in [0.5, 0.6) is 0 Å². The van der Waals surface area contributed by atoms with Crippen molar-refractivity contribution in [3.8, 4) is 6.07 Å². The molecule has 0 spiro atoms. The smallest absolute Gasteiger partial charge is 0.0670 e. The van der Waals surface area contributed by atoms with Gasteiger partial charge in [0.2, 0.25) is 0 Å². The summed E-state index contributed by atoms with van der Waals surface area (Å²) in [6.07, 6.45) is 4.09. The number of nitrogen functional groups attached to an aromatic ring is 1. The van der Waals surface area contributed by atoms with E-state index in [1.165, 1.54) is 19.3 Å². The molecule has 4 heteroatoms. The highest BCUT2D eigenvalue weighted by Gasteiger charge is 2.24. The van der Waals surface area contributed by atoms with Gasteiger partial charge in [-0.05, 0) is 50.5 Å². The van der Waals surface area contributed by atoms with Crippen molar-refractivity contribution in [1.29, 1.82) is 5.26 Å². The molecule has 0 saturated carbocycles. The van der Waals surface area contributed by atoms with Crippen LogP contribution in [0.1, 0.15) is 38.7 Å². The lowest BCUT2D eigenvalue weighted by molar-refractivity contribution is 0.136. The van der Waals surface area contributed by atoms with Crippen LogP contribution in [0.2, 0.25) is 0 Å². The van der Waals surface area contributed by atoms with Crippen LogP contribution in [0.25, 0.3) is 0 Å². The van der Waals surface area contributed by atoms with Gasteiger partial charge in [0.25, 0.3) is 0 Å². The molecule has 1 aromatic carbocycles. The van der Waals surface area contributed by atoms with E-state index in [0.29, 0.717) is 24.2 Å². The first kappa shape index (κ1) is 13.7. The second kappa shape index (κ2) is 5.94. The van der Waals surface area contributed by atoms with Gasteiger partial charge in [-0.25, -0.2) is 5.01 Å². The molecule has 4 nitrogen and oxygen atoms in total. The molecule has 0 amide bonds. The van der Waals surface area contributed by atoms with E-state index in [-0.39, 0.29) is 0 Å². The molecule has 2 unspecified atom stereocenters. The van der Waals surface area contributed by atoms with Gasteiger partial charge in [0.1, 0.15) is 0 Å². The summed E-state index contributed by atoms with van der Waals surface area (Å²) in [6.45, 7) is 4.49. The zero-order chi connectivity index (χ0) is 13.8. The van der Waals surface area contributed by atoms with Gasteiger partial charge in [0, 0.05) is 23.5 Å². The summed E-state index contributed by atoms with van der Waals surface area (Å²) in [5.74, 6) is 0. The third kappa shape index (κ3) is 3.18. The van der Waals surface area contributed by atoms with Gasteiger partial charge >= 0.3 is 0 Å². The minimum Gasteiger partial charge on any atom is -0.398 e. The van der Waals surface area contributed by atoms with Crippen LogP contribution in [0.15, 0.2) is 18.2 Å². The predicted octanol–water partition coefficient (Wildman–Crippen LogP) is 2.92. The van der Waals surface area contributed by atoms with E-state index >= 15 is 0 Å². The number of rotatable bonds is 3. The molecule has 2 atom stereocenters. The summed E-state index contributed by atoms with van der Waals surface area (Å²) < 4.78 is 0. The summed E-state index contributed by atoms with van der Waals surface area (Å²) >= 11 is 0. The number of hydrogen-bond donors (Lipinski definition) is 2. The van der Waals surface area contributed by atoms with Gasteiger partial charge in [0.15, 0.2) is 0 Å². The fraction of sp³-hybridized carbons (Fsp3) is 0.533. The van der Waals surface area contributed by atoms with Crippen LogP contribution < -0.4 is 11.2 Å². The predicted molar refractivity (Wildman–Crippen MR) is 78.4 cm³/mol. The van der Waals surface area contributed by atoms with Crippen molar-refractivity contribution >= 4 is 11.4 Å². The quantitative estimate of drug-likeness (QED) is 0.818. The molecule has 102 valence electrons. The van der Waals surface area contributed by atoms with Crippen LogP contribution in [0.4, 0.5) is 11.4 Å². The average molecular weight is 258 g/mol. The Morgan fingerprint density at radius 1 is 1.37 bits per heavy atom. The largest absolute Gasteiger partial charge is 0.398 e. The molecule has 0 aromatic heterocycles. The highest BCUT2D eigenvalue weighted by molar-refractivity contribution is 5.57. The van der Waals surface area contributed by atoms with Gasteiger partial charge in [-0.1, -0.05) is 6.42 Å². The van der Waals surface area contributed by atoms with Crippen LogP contribution >= 0.6 is 0 Å². The Kier molecular flexibility index (Phi) is 4.28. The van der Waals surface area contributed by atoms with Crippen LogP contribution in [-0.2, 0) is 6.42 Å². The summed E-state index contributed by atoms with van der Waals surface area (Å²) in [5, 5.41) is 11.1. The Bertz CT molecular complexity index is 468. The number of nitriles is 1. The van der Waals surface area contributed by atoms with Gasteiger partial charge in [-0.3, -0.25) is 0 Å². The Morgan fingerprint density at radius 3 is 2.68 bits per heavy atom. The first-order valence-corrected chi connectivity index (χ1v) is 6.92. The summed E-state index contributed by atoms with van der Waals surface area (Å²) in [5.41, 5.74) is 11.9. The molecular formula is C15H22N4. The second-order valence-corrected chi connectivity index (χ2v) is 5.40. The van der Waals surface area contributed by atoms with Crippen molar-refractivity contribution in [2.45, 2.75) is 51.6 Å². The molecule has 19 heavy (non-hydrogen) atoms. The summed E-state index contributed by atoms with van der Waals surface area (Å²) in [7, 11) is 0. The van der Waals surface area contributed by atoms with E-state index < -0.39 is 0 Å². The number of benzene rings is 1. The van der Waals surface area contributed by atoms with E-state index in [0.717, 1.165) is 11.3 Å². The van der Waals surface area contributed by atoms with Crippen molar-refractivity contribution in [3.63, 3.8) is 0 Å². The molecule has 0 aliphatic carbocycles. The fourth-order valence-corrected chi connectivity index (χ4v) is 2.70. The zero-order valence-corrected chi connectivity index (χ0v) is 11.7. The molecule has 2 rings (SSSR count). The molecule has 1 aromatic rings. The number of nitrogens with zero attached hydrogens (tertiary/aromatic N) is 2. The number of piperidine rings is 1. The molecule has 3 N–H and O–H groups in total. The normalized spacial score (nSPS) is 23.8. The minimum absolute atomic E-state index is 0.354. The average Bonchev–Trinajstić information content (AvgIpc) is 2.38. The highest BCUT2D eigenvalue weighted by atomic mass is 15.5. The van der Waals surface area contributed by atoms with E-state index in [4.69, 9.17) is 11.0 Å². The third-order valence-electron chi connectivity index (χ3n) is 3.86. The first-order valence-electron chi connectivity index (χ1n) is 6.92. The third-order valence-corrected chi connectivity index (χ3v) is 3.86. The van der Waals surface area contributed by atoms with Crippen molar-refractivity contribution < 1.29 is 0 Å². The van der Waals surface area contributed by atoms with Gasteiger partial charge in [-0.2, -0.15) is 5.26 Å². The number of anilines is 2. The zero-order valence-electron chi connectivity index (χ0n) is 11.7. The molecular weight excluding hydrogens is 236 g/mol. The van der Waals surface area contributed by atoms with Crippen LogP contribution in [0.3, 0.4) is 0 Å². The van der Waals surface area contributed by atoms with E-state index in [9.17, 15) is 0 Å². The van der Waals surface area contributed by atoms with Crippen molar-refractivity contribution in [2.75, 3.05) is 11.2 Å². The number of nitrogens with one attached hydrogen (secondary N) is 1. The van der Waals surface area contributed by atoms with Crippen molar-refractivity contribution in [1.82, 2.24) is 5.01 Å².